The Bertz CT molecular complexity index is 948. The maximum absolute atomic E-state index is 4.87. The van der Waals surface area contributed by atoms with E-state index < -0.39 is 0 Å². The standard InChI is InChI=1S/C24H33N3/c1-16(2)21-15-26(19-10-11-19)23-18(8-7-9-20(21)23)14-17(3)27-13-12-22(25-27)24(4,5)6/h7-9,12-13,15-17,19H,10-11,14H2,1-6H3. The van der Waals surface area contributed by atoms with Gasteiger partial charge in [-0.2, -0.15) is 5.10 Å². The maximum Gasteiger partial charge on any atom is 0.0678 e. The highest BCUT2D eigenvalue weighted by molar-refractivity contribution is 5.87. The molecule has 0 N–H and O–H groups in total. The van der Waals surface area contributed by atoms with Crippen LogP contribution in [0.3, 0.4) is 0 Å². The van der Waals surface area contributed by atoms with E-state index in [1.165, 1.54) is 34.9 Å². The zero-order chi connectivity index (χ0) is 19.3. The van der Waals surface area contributed by atoms with Crippen LogP contribution < -0.4 is 0 Å². The Balaban J connectivity index is 1.70. The Morgan fingerprint density at radius 2 is 1.85 bits per heavy atom. The van der Waals surface area contributed by atoms with Crippen molar-refractivity contribution in [2.24, 2.45) is 0 Å². The predicted octanol–water partition coefficient (Wildman–Crippen LogP) is 6.40. The highest BCUT2D eigenvalue weighted by Gasteiger charge is 2.27. The van der Waals surface area contributed by atoms with Crippen molar-refractivity contribution in [2.45, 2.75) is 84.2 Å². The highest BCUT2D eigenvalue weighted by Crippen LogP contribution is 2.41. The number of aromatic nitrogens is 3. The van der Waals surface area contributed by atoms with Crippen LogP contribution >= 0.6 is 0 Å². The largest absolute Gasteiger partial charge is 0.344 e. The van der Waals surface area contributed by atoms with E-state index in [1.54, 1.807) is 0 Å². The van der Waals surface area contributed by atoms with Crippen molar-refractivity contribution >= 4 is 10.9 Å². The smallest absolute Gasteiger partial charge is 0.0678 e. The van der Waals surface area contributed by atoms with Crippen LogP contribution in [0.5, 0.6) is 0 Å². The summed E-state index contributed by atoms with van der Waals surface area (Å²) in [6, 6.07) is 10.1. The molecule has 3 heteroatoms. The van der Waals surface area contributed by atoms with Gasteiger partial charge in [0.15, 0.2) is 0 Å². The van der Waals surface area contributed by atoms with E-state index >= 15 is 0 Å². The average Bonchev–Trinajstić information content (AvgIpc) is 3.16. The molecule has 1 fully saturated rings. The van der Waals surface area contributed by atoms with Gasteiger partial charge in [-0.15, -0.1) is 0 Å². The lowest BCUT2D eigenvalue weighted by Gasteiger charge is -2.17. The van der Waals surface area contributed by atoms with Crippen LogP contribution in [-0.2, 0) is 11.8 Å². The molecule has 0 radical (unpaired) electrons. The Hall–Kier alpha value is -2.03. The first kappa shape index (κ1) is 18.3. The number of para-hydroxylation sites is 1. The van der Waals surface area contributed by atoms with E-state index in [-0.39, 0.29) is 5.41 Å². The van der Waals surface area contributed by atoms with E-state index in [0.717, 1.165) is 12.1 Å². The number of fused-ring (bicyclic) bond motifs is 1. The molecule has 3 nitrogen and oxygen atoms in total. The van der Waals surface area contributed by atoms with E-state index in [4.69, 9.17) is 5.10 Å². The Kier molecular flexibility index (Phi) is 4.44. The quantitative estimate of drug-likeness (QED) is 0.514. The number of rotatable bonds is 5. The molecule has 27 heavy (non-hydrogen) atoms. The Morgan fingerprint density at radius 3 is 2.44 bits per heavy atom. The van der Waals surface area contributed by atoms with Gasteiger partial charge in [-0.05, 0) is 49.3 Å². The van der Waals surface area contributed by atoms with Crippen LogP contribution in [0.4, 0.5) is 0 Å². The summed E-state index contributed by atoms with van der Waals surface area (Å²) < 4.78 is 4.71. The molecular formula is C24H33N3. The molecule has 2 aromatic heterocycles. The Morgan fingerprint density at radius 1 is 1.11 bits per heavy atom. The van der Waals surface area contributed by atoms with Gasteiger partial charge in [0.25, 0.3) is 0 Å². The molecule has 144 valence electrons. The fourth-order valence-corrected chi connectivity index (χ4v) is 4.07. The molecule has 2 heterocycles. The lowest BCUT2D eigenvalue weighted by Crippen LogP contribution is -2.15. The van der Waals surface area contributed by atoms with Gasteiger partial charge in [0, 0.05) is 29.2 Å². The second-order valence-corrected chi connectivity index (χ2v) is 9.68. The van der Waals surface area contributed by atoms with E-state index in [2.05, 4.69) is 87.5 Å². The van der Waals surface area contributed by atoms with Gasteiger partial charge in [0.05, 0.1) is 17.3 Å². The summed E-state index contributed by atoms with van der Waals surface area (Å²) in [6.07, 6.45) is 8.22. The topological polar surface area (TPSA) is 22.8 Å². The lowest BCUT2D eigenvalue weighted by molar-refractivity contribution is 0.466. The summed E-state index contributed by atoms with van der Waals surface area (Å²) >= 11 is 0. The van der Waals surface area contributed by atoms with Crippen molar-refractivity contribution in [3.8, 4) is 0 Å². The van der Waals surface area contributed by atoms with Crippen LogP contribution in [-0.4, -0.2) is 14.3 Å². The van der Waals surface area contributed by atoms with Gasteiger partial charge in [0.2, 0.25) is 0 Å². The first-order valence-corrected chi connectivity index (χ1v) is 10.4. The molecular weight excluding hydrogens is 330 g/mol. The summed E-state index contributed by atoms with van der Waals surface area (Å²) in [5, 5.41) is 6.31. The van der Waals surface area contributed by atoms with Crippen molar-refractivity contribution < 1.29 is 0 Å². The number of hydrogen-bond acceptors (Lipinski definition) is 1. The summed E-state index contributed by atoms with van der Waals surface area (Å²) in [6.45, 7) is 13.6. The van der Waals surface area contributed by atoms with Crippen LogP contribution in [0.15, 0.2) is 36.7 Å². The van der Waals surface area contributed by atoms with Crippen molar-refractivity contribution in [1.29, 1.82) is 0 Å². The molecule has 1 aliphatic rings. The third-order valence-electron chi connectivity index (χ3n) is 5.87. The van der Waals surface area contributed by atoms with Crippen LogP contribution in [0.25, 0.3) is 10.9 Å². The molecule has 0 bridgehead atoms. The molecule has 4 rings (SSSR count). The van der Waals surface area contributed by atoms with Crippen molar-refractivity contribution in [2.75, 3.05) is 0 Å². The summed E-state index contributed by atoms with van der Waals surface area (Å²) in [5.74, 6) is 0.556. The number of nitrogens with zero attached hydrogens (tertiary/aromatic N) is 3. The first-order chi connectivity index (χ1) is 12.8. The minimum Gasteiger partial charge on any atom is -0.344 e. The van der Waals surface area contributed by atoms with Gasteiger partial charge in [-0.3, -0.25) is 4.68 Å². The molecule has 3 aromatic rings. The maximum atomic E-state index is 4.87. The average molecular weight is 364 g/mol. The van der Waals surface area contributed by atoms with Crippen LogP contribution in [0.1, 0.15) is 89.2 Å². The van der Waals surface area contributed by atoms with Gasteiger partial charge >= 0.3 is 0 Å². The van der Waals surface area contributed by atoms with Crippen molar-refractivity contribution in [3.63, 3.8) is 0 Å². The van der Waals surface area contributed by atoms with Gasteiger partial charge in [-0.25, -0.2) is 0 Å². The van der Waals surface area contributed by atoms with Crippen molar-refractivity contribution in [1.82, 2.24) is 14.3 Å². The van der Waals surface area contributed by atoms with Gasteiger partial charge in [0.1, 0.15) is 0 Å². The summed E-state index contributed by atoms with van der Waals surface area (Å²) in [5.41, 5.74) is 5.65. The molecule has 0 saturated heterocycles. The number of benzene rings is 1. The molecule has 1 saturated carbocycles. The SMILES string of the molecule is CC(C)c1cn(C2CC2)c2c(CC(C)n3ccc(C(C)(C)C)n3)cccc12. The molecule has 0 aliphatic heterocycles. The van der Waals surface area contributed by atoms with E-state index in [9.17, 15) is 0 Å². The minimum atomic E-state index is 0.0951. The Labute approximate surface area is 163 Å². The van der Waals surface area contributed by atoms with Crippen LogP contribution in [0.2, 0.25) is 0 Å². The zero-order valence-corrected chi connectivity index (χ0v) is 17.7. The van der Waals surface area contributed by atoms with Crippen molar-refractivity contribution in [3.05, 3.63) is 53.5 Å². The lowest BCUT2D eigenvalue weighted by atomic mass is 9.93. The van der Waals surface area contributed by atoms with E-state index in [1.807, 2.05) is 0 Å². The normalized spacial score (nSPS) is 16.4. The molecule has 1 aromatic carbocycles. The van der Waals surface area contributed by atoms with E-state index in [0.29, 0.717) is 18.0 Å². The van der Waals surface area contributed by atoms with Gasteiger partial charge < -0.3 is 4.57 Å². The fraction of sp³-hybridized carbons (Fsp3) is 0.542. The number of hydrogen-bond donors (Lipinski definition) is 0. The summed E-state index contributed by atoms with van der Waals surface area (Å²) in [7, 11) is 0. The zero-order valence-electron chi connectivity index (χ0n) is 17.7. The third-order valence-corrected chi connectivity index (χ3v) is 5.87. The summed E-state index contributed by atoms with van der Waals surface area (Å²) in [4.78, 5) is 0. The highest BCUT2D eigenvalue weighted by atomic mass is 15.3. The predicted molar refractivity (Wildman–Crippen MR) is 114 cm³/mol. The minimum absolute atomic E-state index is 0.0951. The molecule has 1 atom stereocenters. The monoisotopic (exact) mass is 363 g/mol. The van der Waals surface area contributed by atoms with Gasteiger partial charge in [-0.1, -0.05) is 52.8 Å². The second kappa shape index (κ2) is 6.54. The molecule has 1 unspecified atom stereocenters. The third kappa shape index (κ3) is 3.44. The molecule has 0 amide bonds. The second-order valence-electron chi connectivity index (χ2n) is 9.68. The molecule has 0 spiro atoms. The fourth-order valence-electron chi connectivity index (χ4n) is 4.07. The van der Waals surface area contributed by atoms with Crippen LogP contribution in [0, 0.1) is 0 Å². The first-order valence-electron chi connectivity index (χ1n) is 10.4. The molecule has 1 aliphatic carbocycles.